The van der Waals surface area contributed by atoms with E-state index in [1.807, 2.05) is 0 Å². The fourth-order valence-electron chi connectivity index (χ4n) is 2.54. The van der Waals surface area contributed by atoms with Gasteiger partial charge in [0.05, 0.1) is 4.90 Å². The normalized spacial score (nSPS) is 18.6. The van der Waals surface area contributed by atoms with Crippen molar-refractivity contribution in [2.75, 3.05) is 19.6 Å². The van der Waals surface area contributed by atoms with Crippen molar-refractivity contribution in [3.8, 4) is 0 Å². The largest absolute Gasteiger partial charge is 0.338 e. The van der Waals surface area contributed by atoms with Gasteiger partial charge in [-0.2, -0.15) is 0 Å². The molecule has 3 N–H and O–H groups in total. The second-order valence-corrected chi connectivity index (χ2v) is 7.90. The van der Waals surface area contributed by atoms with Crippen molar-refractivity contribution < 1.29 is 13.2 Å². The number of carbonyl (C=O) groups excluding carboxylic acids is 1. The number of benzene rings is 1. The molecular formula is C14H20BrN3O3S. The van der Waals surface area contributed by atoms with E-state index in [0.717, 1.165) is 17.3 Å². The third-order valence-corrected chi connectivity index (χ3v) is 5.73. The Bertz CT molecular complexity index is 619. The summed E-state index contributed by atoms with van der Waals surface area (Å²) in [6, 6.07) is 6.44. The highest BCUT2D eigenvalue weighted by Gasteiger charge is 2.27. The highest BCUT2D eigenvalue weighted by Crippen LogP contribution is 2.17. The van der Waals surface area contributed by atoms with E-state index < -0.39 is 10.0 Å². The summed E-state index contributed by atoms with van der Waals surface area (Å²) in [5.41, 5.74) is 5.64. The van der Waals surface area contributed by atoms with Gasteiger partial charge in [-0.25, -0.2) is 13.1 Å². The molecule has 1 saturated heterocycles. The molecule has 122 valence electrons. The van der Waals surface area contributed by atoms with Gasteiger partial charge in [0.2, 0.25) is 15.9 Å². The molecule has 1 heterocycles. The number of hydrogen-bond acceptors (Lipinski definition) is 4. The van der Waals surface area contributed by atoms with Gasteiger partial charge in [0.25, 0.3) is 0 Å². The predicted octanol–water partition coefficient (Wildman–Crippen LogP) is 1.07. The van der Waals surface area contributed by atoms with Crippen LogP contribution < -0.4 is 10.5 Å². The predicted molar refractivity (Wildman–Crippen MR) is 87.7 cm³/mol. The minimum Gasteiger partial charge on any atom is -0.338 e. The molecule has 1 aliphatic rings. The van der Waals surface area contributed by atoms with E-state index in [1.165, 1.54) is 12.1 Å². The van der Waals surface area contributed by atoms with Crippen molar-refractivity contribution in [2.45, 2.75) is 30.2 Å². The summed E-state index contributed by atoms with van der Waals surface area (Å²) in [6.45, 7) is 1.25. The Balaban J connectivity index is 1.87. The Morgan fingerprint density at radius 3 is 2.68 bits per heavy atom. The van der Waals surface area contributed by atoms with Crippen LogP contribution >= 0.6 is 15.9 Å². The number of nitrogens with two attached hydrogens (primary N) is 1. The van der Waals surface area contributed by atoms with Crippen LogP contribution in [0.5, 0.6) is 0 Å². The fraction of sp³-hybridized carbons (Fsp3) is 0.500. The molecule has 0 aliphatic carbocycles. The lowest BCUT2D eigenvalue weighted by Crippen LogP contribution is -2.41. The number of hydrogen-bond donors (Lipinski definition) is 2. The monoisotopic (exact) mass is 389 g/mol. The van der Waals surface area contributed by atoms with Crippen LogP contribution in [0.4, 0.5) is 0 Å². The van der Waals surface area contributed by atoms with E-state index in [2.05, 4.69) is 20.7 Å². The Morgan fingerprint density at radius 2 is 2.05 bits per heavy atom. The maximum absolute atomic E-state index is 12.1. The van der Waals surface area contributed by atoms with E-state index in [4.69, 9.17) is 5.73 Å². The van der Waals surface area contributed by atoms with Crippen molar-refractivity contribution in [2.24, 2.45) is 5.73 Å². The van der Waals surface area contributed by atoms with Gasteiger partial charge in [-0.1, -0.05) is 15.9 Å². The first-order valence-electron chi connectivity index (χ1n) is 7.19. The smallest absolute Gasteiger partial charge is 0.240 e. The zero-order valence-corrected chi connectivity index (χ0v) is 14.6. The van der Waals surface area contributed by atoms with Crippen LogP contribution in [0.1, 0.15) is 19.3 Å². The average molecular weight is 390 g/mol. The van der Waals surface area contributed by atoms with Gasteiger partial charge in [0, 0.05) is 36.6 Å². The second-order valence-electron chi connectivity index (χ2n) is 5.22. The summed E-state index contributed by atoms with van der Waals surface area (Å²) in [5, 5.41) is 0. The van der Waals surface area contributed by atoms with Crippen LogP contribution in [0, 0.1) is 0 Å². The fourth-order valence-corrected chi connectivity index (χ4v) is 3.84. The van der Waals surface area contributed by atoms with E-state index in [1.54, 1.807) is 17.0 Å². The molecule has 6 nitrogen and oxygen atoms in total. The van der Waals surface area contributed by atoms with Gasteiger partial charge >= 0.3 is 0 Å². The third kappa shape index (κ3) is 4.28. The Kier molecular flexibility index (Phi) is 5.96. The molecule has 1 unspecified atom stereocenters. The molecule has 1 aliphatic heterocycles. The Hall–Kier alpha value is -0.960. The molecule has 2 rings (SSSR count). The topological polar surface area (TPSA) is 92.5 Å². The lowest BCUT2D eigenvalue weighted by Gasteiger charge is -2.23. The minimum atomic E-state index is -3.58. The molecule has 1 aromatic carbocycles. The van der Waals surface area contributed by atoms with E-state index >= 15 is 0 Å². The first-order valence-corrected chi connectivity index (χ1v) is 9.46. The lowest BCUT2D eigenvalue weighted by molar-refractivity contribution is -0.131. The first-order chi connectivity index (χ1) is 10.4. The van der Waals surface area contributed by atoms with Gasteiger partial charge in [0.15, 0.2) is 0 Å². The molecule has 1 atom stereocenters. The van der Waals surface area contributed by atoms with E-state index in [9.17, 15) is 13.2 Å². The van der Waals surface area contributed by atoms with Gasteiger partial charge in [-0.3, -0.25) is 4.79 Å². The first kappa shape index (κ1) is 17.4. The maximum Gasteiger partial charge on any atom is 0.240 e. The molecule has 0 bridgehead atoms. The Morgan fingerprint density at radius 1 is 1.36 bits per heavy atom. The van der Waals surface area contributed by atoms with E-state index in [-0.39, 0.29) is 29.8 Å². The van der Waals surface area contributed by atoms with E-state index in [0.29, 0.717) is 13.1 Å². The van der Waals surface area contributed by atoms with Crippen LogP contribution in [0.15, 0.2) is 33.6 Å². The number of amides is 1. The molecule has 0 spiro atoms. The Labute approximate surface area is 139 Å². The van der Waals surface area contributed by atoms with Crippen molar-refractivity contribution in [3.63, 3.8) is 0 Å². The summed E-state index contributed by atoms with van der Waals surface area (Å²) < 4.78 is 27.5. The zero-order valence-electron chi connectivity index (χ0n) is 12.2. The van der Waals surface area contributed by atoms with Gasteiger partial charge in [-0.15, -0.1) is 0 Å². The van der Waals surface area contributed by atoms with Gasteiger partial charge in [-0.05, 0) is 37.1 Å². The molecular weight excluding hydrogens is 370 g/mol. The standard InChI is InChI=1S/C14H20BrN3O3S/c15-11-3-5-13(6-4-11)22(20,21)17-8-7-14(19)18-9-1-2-12(18)10-16/h3-6,12,17H,1-2,7-10,16H2. The van der Waals surface area contributed by atoms with Crippen molar-refractivity contribution >= 4 is 31.9 Å². The molecule has 1 aromatic rings. The van der Waals surface area contributed by atoms with Gasteiger partial charge in [0.1, 0.15) is 0 Å². The quantitative estimate of drug-likeness (QED) is 0.760. The summed E-state index contributed by atoms with van der Waals surface area (Å²) in [4.78, 5) is 14.1. The molecule has 0 saturated carbocycles. The average Bonchev–Trinajstić information content (AvgIpc) is 2.96. The number of nitrogens with zero attached hydrogens (tertiary/aromatic N) is 1. The zero-order chi connectivity index (χ0) is 16.2. The summed E-state index contributed by atoms with van der Waals surface area (Å²) in [6.07, 6.45) is 2.03. The molecule has 0 radical (unpaired) electrons. The SMILES string of the molecule is NCC1CCCN1C(=O)CCNS(=O)(=O)c1ccc(Br)cc1. The highest BCUT2D eigenvalue weighted by molar-refractivity contribution is 9.10. The molecule has 1 fully saturated rings. The van der Waals surface area contributed by atoms with Crippen LogP contribution in [-0.4, -0.2) is 44.9 Å². The van der Waals surface area contributed by atoms with Crippen LogP contribution in [-0.2, 0) is 14.8 Å². The molecule has 8 heteroatoms. The summed E-state index contributed by atoms with van der Waals surface area (Å²) in [7, 11) is -3.58. The molecule has 0 aromatic heterocycles. The number of sulfonamides is 1. The third-order valence-electron chi connectivity index (χ3n) is 3.72. The van der Waals surface area contributed by atoms with Crippen molar-refractivity contribution in [1.82, 2.24) is 9.62 Å². The molecule has 22 heavy (non-hydrogen) atoms. The molecule has 1 amide bonds. The number of halogens is 1. The van der Waals surface area contributed by atoms with Crippen molar-refractivity contribution in [1.29, 1.82) is 0 Å². The van der Waals surface area contributed by atoms with Crippen LogP contribution in [0.3, 0.4) is 0 Å². The van der Waals surface area contributed by atoms with Crippen LogP contribution in [0.2, 0.25) is 0 Å². The number of carbonyl (C=O) groups is 1. The van der Waals surface area contributed by atoms with Crippen molar-refractivity contribution in [3.05, 3.63) is 28.7 Å². The number of rotatable bonds is 6. The summed E-state index contributed by atoms with van der Waals surface area (Å²) >= 11 is 3.26. The number of nitrogens with one attached hydrogen (secondary N) is 1. The number of likely N-dealkylation sites (tertiary alicyclic amines) is 1. The summed E-state index contributed by atoms with van der Waals surface area (Å²) in [5.74, 6) is -0.0496. The lowest BCUT2D eigenvalue weighted by atomic mass is 10.2. The second kappa shape index (κ2) is 7.54. The van der Waals surface area contributed by atoms with Gasteiger partial charge < -0.3 is 10.6 Å². The maximum atomic E-state index is 12.1. The minimum absolute atomic E-state index is 0.0496. The highest BCUT2D eigenvalue weighted by atomic mass is 79.9. The van der Waals surface area contributed by atoms with Crippen LogP contribution in [0.25, 0.3) is 0 Å².